The van der Waals surface area contributed by atoms with Crippen molar-refractivity contribution in [2.45, 2.75) is 18.7 Å². The number of hydrogen-bond donors (Lipinski definition) is 1. The molecule has 0 saturated carbocycles. The lowest BCUT2D eigenvalue weighted by Gasteiger charge is -2.33. The van der Waals surface area contributed by atoms with E-state index in [2.05, 4.69) is 0 Å². The van der Waals surface area contributed by atoms with E-state index in [-0.39, 0.29) is 12.2 Å². The zero-order valence-corrected chi connectivity index (χ0v) is 12.9. The van der Waals surface area contributed by atoms with Gasteiger partial charge in [0.25, 0.3) is 0 Å². The van der Waals surface area contributed by atoms with E-state index >= 15 is 0 Å². The largest absolute Gasteiger partial charge is 0.481 e. The molecule has 24 heavy (non-hydrogen) atoms. The number of halogens is 4. The first-order valence-corrected chi connectivity index (χ1v) is 7.49. The predicted molar refractivity (Wildman–Crippen MR) is 82.2 cm³/mol. The molecule has 0 unspecified atom stereocenters. The number of carboxylic acids is 1. The van der Waals surface area contributed by atoms with Gasteiger partial charge >= 0.3 is 12.1 Å². The average molecular weight is 357 g/mol. The molecule has 3 nitrogen and oxygen atoms in total. The van der Waals surface area contributed by atoms with Gasteiger partial charge in [-0.1, -0.05) is 41.9 Å². The van der Waals surface area contributed by atoms with E-state index in [9.17, 15) is 18.0 Å². The van der Waals surface area contributed by atoms with E-state index in [0.717, 1.165) is 5.56 Å². The Hall–Kier alpha value is -2.21. The molecule has 2 aromatic carbocycles. The minimum Gasteiger partial charge on any atom is -0.481 e. The maximum absolute atomic E-state index is 13.1. The fraction of sp³-hybridized carbons (Fsp3) is 0.235. The number of ether oxygens (including phenoxy) is 1. The fourth-order valence-electron chi connectivity index (χ4n) is 2.78. The average Bonchev–Trinajstić information content (AvgIpc) is 2.53. The lowest BCUT2D eigenvalue weighted by Crippen LogP contribution is -2.47. The minimum atomic E-state index is -4.77. The van der Waals surface area contributed by atoms with Crippen molar-refractivity contribution >= 4 is 17.6 Å². The molecule has 2 atom stereocenters. The van der Waals surface area contributed by atoms with Gasteiger partial charge in [0.1, 0.15) is 11.7 Å². The van der Waals surface area contributed by atoms with Crippen LogP contribution in [0.5, 0.6) is 5.75 Å². The molecule has 1 aliphatic heterocycles. The van der Waals surface area contributed by atoms with E-state index in [1.807, 2.05) is 6.07 Å². The summed E-state index contributed by atoms with van der Waals surface area (Å²) in [6.45, 7) is 0. The summed E-state index contributed by atoms with van der Waals surface area (Å²) >= 11 is 6.22. The van der Waals surface area contributed by atoms with Gasteiger partial charge in [-0.2, -0.15) is 13.2 Å². The van der Waals surface area contributed by atoms with Crippen LogP contribution in [0, 0.1) is 5.92 Å². The molecule has 0 saturated heterocycles. The molecule has 1 heterocycles. The number of alkyl halides is 3. The predicted octanol–water partition coefficient (Wildman–Crippen LogP) is 4.57. The zero-order chi connectivity index (χ0) is 17.5. The number of aliphatic carboxylic acids is 1. The minimum absolute atomic E-state index is 0.0121. The van der Waals surface area contributed by atoms with Crippen molar-refractivity contribution in [2.75, 3.05) is 0 Å². The number of rotatable bonds is 2. The highest BCUT2D eigenvalue weighted by Gasteiger charge is 2.52. The second kappa shape index (κ2) is 6.02. The van der Waals surface area contributed by atoms with E-state index in [1.165, 1.54) is 12.1 Å². The van der Waals surface area contributed by atoms with Gasteiger partial charge in [-0.25, -0.2) is 0 Å². The summed E-state index contributed by atoms with van der Waals surface area (Å²) in [5, 5.41) is 9.42. The van der Waals surface area contributed by atoms with Gasteiger partial charge in [-0.15, -0.1) is 0 Å². The van der Waals surface area contributed by atoms with Crippen LogP contribution in [0.1, 0.15) is 5.56 Å². The van der Waals surface area contributed by atoms with Gasteiger partial charge in [0.15, 0.2) is 0 Å². The van der Waals surface area contributed by atoms with E-state index < -0.39 is 24.2 Å². The van der Waals surface area contributed by atoms with E-state index in [4.69, 9.17) is 21.4 Å². The fourth-order valence-corrected chi connectivity index (χ4v) is 3.07. The Balaban J connectivity index is 2.06. The second-order valence-electron chi connectivity index (χ2n) is 5.53. The summed E-state index contributed by atoms with van der Waals surface area (Å²) in [7, 11) is 0. The third kappa shape index (κ3) is 3.06. The molecule has 0 aromatic heterocycles. The van der Waals surface area contributed by atoms with Crippen LogP contribution in [0.15, 0.2) is 42.5 Å². The molecule has 2 aromatic rings. The summed E-state index contributed by atoms with van der Waals surface area (Å²) in [6, 6.07) is 11.8. The molecule has 0 amide bonds. The molecule has 126 valence electrons. The Morgan fingerprint density at radius 2 is 1.88 bits per heavy atom. The SMILES string of the molecule is O=C(O)[C@@H]1Cc2cc(Cl)c(-c3ccccc3)cc2O[C@@H]1C(F)(F)F. The van der Waals surface area contributed by atoms with Crippen molar-refractivity contribution in [3.63, 3.8) is 0 Å². The third-order valence-electron chi connectivity index (χ3n) is 3.93. The molecule has 7 heteroatoms. The third-order valence-corrected chi connectivity index (χ3v) is 4.25. The molecular formula is C17H12ClF3O3. The number of carboxylic acid groups (broad SMARTS) is 1. The van der Waals surface area contributed by atoms with Crippen molar-refractivity contribution in [3.05, 3.63) is 53.1 Å². The Morgan fingerprint density at radius 3 is 2.46 bits per heavy atom. The highest BCUT2D eigenvalue weighted by Crippen LogP contribution is 2.42. The molecule has 0 radical (unpaired) electrons. The number of benzene rings is 2. The molecule has 0 fully saturated rings. The molecule has 0 aliphatic carbocycles. The van der Waals surface area contributed by atoms with Crippen molar-refractivity contribution in [2.24, 2.45) is 5.92 Å². The lowest BCUT2D eigenvalue weighted by molar-refractivity contribution is -0.217. The van der Waals surface area contributed by atoms with Crippen LogP contribution in [-0.2, 0) is 11.2 Å². The van der Waals surface area contributed by atoms with Crippen LogP contribution in [-0.4, -0.2) is 23.4 Å². The highest BCUT2D eigenvalue weighted by molar-refractivity contribution is 6.33. The molecule has 1 aliphatic rings. The second-order valence-corrected chi connectivity index (χ2v) is 5.94. The van der Waals surface area contributed by atoms with Gasteiger partial charge < -0.3 is 9.84 Å². The monoisotopic (exact) mass is 356 g/mol. The van der Waals surface area contributed by atoms with Crippen molar-refractivity contribution < 1.29 is 27.8 Å². The summed E-state index contributed by atoms with van der Waals surface area (Å²) in [4.78, 5) is 11.2. The topological polar surface area (TPSA) is 46.5 Å². The first kappa shape index (κ1) is 16.6. The lowest BCUT2D eigenvalue weighted by atomic mass is 9.89. The summed E-state index contributed by atoms with van der Waals surface area (Å²) in [5.74, 6) is -3.24. The maximum atomic E-state index is 13.1. The standard InChI is InChI=1S/C17H12ClF3O3/c18-13-7-10-6-12(16(22)23)15(17(19,20)21)24-14(10)8-11(13)9-4-2-1-3-5-9/h1-5,7-8,12,15H,6H2,(H,22,23)/t12-,15+/m1/s1. The van der Waals surface area contributed by atoms with Crippen LogP contribution in [0.3, 0.4) is 0 Å². The van der Waals surface area contributed by atoms with Crippen LogP contribution < -0.4 is 4.74 Å². The van der Waals surface area contributed by atoms with E-state index in [1.54, 1.807) is 24.3 Å². The van der Waals surface area contributed by atoms with Gasteiger partial charge in [0.05, 0.1) is 0 Å². The quantitative estimate of drug-likeness (QED) is 0.857. The van der Waals surface area contributed by atoms with Gasteiger partial charge in [-0.3, -0.25) is 4.79 Å². The van der Waals surface area contributed by atoms with Crippen molar-refractivity contribution in [1.29, 1.82) is 0 Å². The molecule has 1 N–H and O–H groups in total. The Morgan fingerprint density at radius 1 is 1.21 bits per heavy atom. The van der Waals surface area contributed by atoms with Crippen LogP contribution in [0.4, 0.5) is 13.2 Å². The van der Waals surface area contributed by atoms with Crippen molar-refractivity contribution in [3.8, 4) is 16.9 Å². The molecule has 0 bridgehead atoms. The molecule has 0 spiro atoms. The Labute approximate surface area is 140 Å². The number of carbonyl (C=O) groups is 1. The smallest absolute Gasteiger partial charge is 0.426 e. The van der Waals surface area contributed by atoms with Crippen molar-refractivity contribution in [1.82, 2.24) is 0 Å². The van der Waals surface area contributed by atoms with Crippen LogP contribution in [0.25, 0.3) is 11.1 Å². The van der Waals surface area contributed by atoms with Crippen LogP contribution >= 0.6 is 11.6 Å². The summed E-state index contributed by atoms with van der Waals surface area (Å²) in [6.07, 6.45) is -7.44. The van der Waals surface area contributed by atoms with Gasteiger partial charge in [0.2, 0.25) is 6.10 Å². The highest BCUT2D eigenvalue weighted by atomic mass is 35.5. The normalized spacial score (nSPS) is 20.2. The first-order valence-electron chi connectivity index (χ1n) is 7.11. The Bertz CT molecular complexity index is 775. The summed E-state index contributed by atoms with van der Waals surface area (Å²) in [5.41, 5.74) is 1.62. The maximum Gasteiger partial charge on any atom is 0.426 e. The molecular weight excluding hydrogens is 345 g/mol. The zero-order valence-electron chi connectivity index (χ0n) is 12.2. The van der Waals surface area contributed by atoms with E-state index in [0.29, 0.717) is 16.1 Å². The first-order chi connectivity index (χ1) is 11.3. The van der Waals surface area contributed by atoms with Gasteiger partial charge in [0, 0.05) is 10.6 Å². The van der Waals surface area contributed by atoms with Crippen LogP contribution in [0.2, 0.25) is 5.02 Å². The summed E-state index contributed by atoms with van der Waals surface area (Å²) < 4.78 is 44.4. The number of hydrogen-bond acceptors (Lipinski definition) is 2. The van der Waals surface area contributed by atoms with Gasteiger partial charge in [-0.05, 0) is 29.7 Å². The number of fused-ring (bicyclic) bond motifs is 1. The Kier molecular flexibility index (Phi) is 4.17. The molecule has 3 rings (SSSR count).